The van der Waals surface area contributed by atoms with Gasteiger partial charge in [-0.3, -0.25) is 19.7 Å². The smallest absolute Gasteiger partial charge is 0.319 e. The molecule has 4 N–H and O–H groups in total. The molecule has 0 aliphatic heterocycles. The number of rotatable bonds is 6. The summed E-state index contributed by atoms with van der Waals surface area (Å²) in [7, 11) is 1.51. The molecule has 13 heteroatoms. The highest BCUT2D eigenvalue weighted by Gasteiger charge is 2.36. The van der Waals surface area contributed by atoms with Crippen molar-refractivity contribution in [2.24, 2.45) is 12.9 Å². The molecule has 9 nitrogen and oxygen atoms in total. The zero-order valence-corrected chi connectivity index (χ0v) is 19.2. The van der Waals surface area contributed by atoms with Crippen molar-refractivity contribution in [1.29, 1.82) is 0 Å². The summed E-state index contributed by atoms with van der Waals surface area (Å²) in [6, 6.07) is 10.9. The molecule has 0 unspecified atom stereocenters. The zero-order chi connectivity index (χ0) is 26.7. The minimum Gasteiger partial charge on any atom is -0.319 e. The van der Waals surface area contributed by atoms with Crippen LogP contribution in [-0.4, -0.2) is 31.6 Å². The summed E-state index contributed by atoms with van der Waals surface area (Å²) in [5, 5.41) is 6.43. The summed E-state index contributed by atoms with van der Waals surface area (Å²) >= 11 is 0. The number of anilines is 1. The van der Waals surface area contributed by atoms with Gasteiger partial charge >= 0.3 is 6.18 Å². The van der Waals surface area contributed by atoms with E-state index in [0.717, 1.165) is 6.07 Å². The summed E-state index contributed by atoms with van der Waals surface area (Å²) in [4.78, 5) is 33.1. The van der Waals surface area contributed by atoms with E-state index in [1.165, 1.54) is 30.2 Å². The molecule has 0 aliphatic carbocycles. The standard InChI is InChI=1S/C24H19F4N7O2/c1-35-8-7-18(34-35)14-9-15(17(25)10-16(14)24(26,27)28)23(37)31-19-12-30-20(11-21(36)33-29)32-22(19)13-5-3-2-4-6-13/h2-10,12H,11,29H2,1H3,(H,31,37)(H,33,36). The first-order chi connectivity index (χ1) is 17.6. The molecule has 2 aromatic carbocycles. The van der Waals surface area contributed by atoms with Gasteiger partial charge in [0.2, 0.25) is 5.91 Å². The Hall–Kier alpha value is -4.65. The molecule has 4 rings (SSSR count). The third-order valence-electron chi connectivity index (χ3n) is 5.26. The molecular weight excluding hydrogens is 494 g/mol. The van der Waals surface area contributed by atoms with Crippen molar-refractivity contribution in [3.05, 3.63) is 83.7 Å². The van der Waals surface area contributed by atoms with Gasteiger partial charge in [-0.15, -0.1) is 0 Å². The molecule has 0 aliphatic rings. The Morgan fingerprint density at radius 2 is 1.84 bits per heavy atom. The lowest BCUT2D eigenvalue weighted by molar-refractivity contribution is -0.137. The van der Waals surface area contributed by atoms with Gasteiger partial charge in [0.05, 0.1) is 40.8 Å². The number of amides is 2. The Kier molecular flexibility index (Phi) is 6.98. The van der Waals surface area contributed by atoms with Crippen LogP contribution in [0.2, 0.25) is 0 Å². The van der Waals surface area contributed by atoms with E-state index in [0.29, 0.717) is 5.56 Å². The van der Waals surface area contributed by atoms with E-state index in [-0.39, 0.29) is 35.4 Å². The highest BCUT2D eigenvalue weighted by molar-refractivity contribution is 6.06. The van der Waals surface area contributed by atoms with Crippen molar-refractivity contribution in [2.75, 3.05) is 5.32 Å². The van der Waals surface area contributed by atoms with Gasteiger partial charge in [-0.25, -0.2) is 20.2 Å². The predicted octanol–water partition coefficient (Wildman–Crippen LogP) is 3.49. The Labute approximate surface area is 207 Å². The van der Waals surface area contributed by atoms with Crippen LogP contribution in [0.15, 0.2) is 60.9 Å². The van der Waals surface area contributed by atoms with Crippen molar-refractivity contribution < 1.29 is 27.2 Å². The van der Waals surface area contributed by atoms with E-state index in [1.807, 2.05) is 5.43 Å². The van der Waals surface area contributed by atoms with Gasteiger partial charge in [-0.2, -0.15) is 18.3 Å². The molecule has 37 heavy (non-hydrogen) atoms. The Balaban J connectivity index is 1.76. The van der Waals surface area contributed by atoms with Gasteiger partial charge in [0, 0.05) is 24.4 Å². The number of hydrogen-bond acceptors (Lipinski definition) is 6. The van der Waals surface area contributed by atoms with Crippen LogP contribution in [0.1, 0.15) is 21.7 Å². The quantitative estimate of drug-likeness (QED) is 0.157. The van der Waals surface area contributed by atoms with Crippen LogP contribution in [0.3, 0.4) is 0 Å². The van der Waals surface area contributed by atoms with Gasteiger partial charge in [0.25, 0.3) is 5.91 Å². The van der Waals surface area contributed by atoms with Crippen LogP contribution < -0.4 is 16.6 Å². The van der Waals surface area contributed by atoms with E-state index >= 15 is 0 Å². The van der Waals surface area contributed by atoms with Gasteiger partial charge in [-0.1, -0.05) is 30.3 Å². The third-order valence-corrected chi connectivity index (χ3v) is 5.26. The van der Waals surface area contributed by atoms with Crippen molar-refractivity contribution in [2.45, 2.75) is 12.6 Å². The second-order valence-electron chi connectivity index (χ2n) is 7.86. The van der Waals surface area contributed by atoms with Crippen molar-refractivity contribution in [3.8, 4) is 22.5 Å². The number of hydrogen-bond donors (Lipinski definition) is 3. The Bertz CT molecular complexity index is 1470. The number of nitrogens with zero attached hydrogens (tertiary/aromatic N) is 4. The Morgan fingerprint density at radius 3 is 2.46 bits per heavy atom. The molecule has 0 saturated carbocycles. The van der Waals surface area contributed by atoms with E-state index in [4.69, 9.17) is 5.84 Å². The lowest BCUT2D eigenvalue weighted by atomic mass is 9.99. The summed E-state index contributed by atoms with van der Waals surface area (Å²) < 4.78 is 57.0. The molecule has 2 aromatic heterocycles. The van der Waals surface area contributed by atoms with Crippen LogP contribution in [0.4, 0.5) is 23.2 Å². The molecule has 2 heterocycles. The molecule has 4 aromatic rings. The molecule has 190 valence electrons. The predicted molar refractivity (Wildman–Crippen MR) is 125 cm³/mol. The normalized spacial score (nSPS) is 11.3. The maximum Gasteiger partial charge on any atom is 0.417 e. The first-order valence-electron chi connectivity index (χ1n) is 10.7. The van der Waals surface area contributed by atoms with Crippen molar-refractivity contribution in [1.82, 2.24) is 25.2 Å². The highest BCUT2D eigenvalue weighted by Crippen LogP contribution is 2.38. The van der Waals surface area contributed by atoms with Gasteiger partial charge in [0.1, 0.15) is 11.6 Å². The minimum absolute atomic E-state index is 0.0480. The first-order valence-corrected chi connectivity index (χ1v) is 10.7. The maximum atomic E-state index is 14.8. The van der Waals surface area contributed by atoms with Crippen molar-refractivity contribution in [3.63, 3.8) is 0 Å². The minimum atomic E-state index is -4.89. The summed E-state index contributed by atoms with van der Waals surface area (Å²) in [6.07, 6.45) is -2.49. The molecule has 0 atom stereocenters. The molecule has 0 spiro atoms. The average Bonchev–Trinajstić information content (AvgIpc) is 3.30. The SMILES string of the molecule is Cn1ccc(-c2cc(C(=O)Nc3cnc(CC(=O)NN)nc3-c3ccccc3)c(F)cc2C(F)(F)F)n1. The maximum absolute atomic E-state index is 14.8. The molecule has 0 saturated heterocycles. The summed E-state index contributed by atoms with van der Waals surface area (Å²) in [5.41, 5.74) is 0.315. The van der Waals surface area contributed by atoms with E-state index in [2.05, 4.69) is 20.4 Å². The van der Waals surface area contributed by atoms with Gasteiger partial charge in [-0.05, 0) is 18.2 Å². The zero-order valence-electron chi connectivity index (χ0n) is 19.2. The fourth-order valence-electron chi connectivity index (χ4n) is 3.55. The average molecular weight is 513 g/mol. The molecule has 0 radical (unpaired) electrons. The number of carbonyl (C=O) groups is 2. The van der Waals surface area contributed by atoms with Crippen LogP contribution in [0, 0.1) is 5.82 Å². The largest absolute Gasteiger partial charge is 0.417 e. The first kappa shape index (κ1) is 25.4. The number of halogens is 4. The molecular formula is C24H19F4N7O2. The molecule has 0 bridgehead atoms. The number of carbonyl (C=O) groups excluding carboxylic acids is 2. The monoisotopic (exact) mass is 513 g/mol. The summed E-state index contributed by atoms with van der Waals surface area (Å²) in [5.74, 6) is 2.25. The topological polar surface area (TPSA) is 128 Å². The van der Waals surface area contributed by atoms with Crippen LogP contribution >= 0.6 is 0 Å². The van der Waals surface area contributed by atoms with Gasteiger partial charge in [0.15, 0.2) is 0 Å². The highest BCUT2D eigenvalue weighted by atomic mass is 19.4. The fourth-order valence-corrected chi connectivity index (χ4v) is 3.55. The lowest BCUT2D eigenvalue weighted by Crippen LogP contribution is -2.32. The number of hydrazine groups is 1. The number of alkyl halides is 3. The molecule has 0 fully saturated rings. The van der Waals surface area contributed by atoms with Crippen LogP contribution in [-0.2, 0) is 24.4 Å². The van der Waals surface area contributed by atoms with E-state index < -0.39 is 40.5 Å². The third kappa shape index (κ3) is 5.62. The number of nitrogens with two attached hydrogens (primary N) is 1. The number of benzene rings is 2. The molecule has 2 amide bonds. The van der Waals surface area contributed by atoms with Crippen LogP contribution in [0.25, 0.3) is 22.5 Å². The Morgan fingerprint density at radius 1 is 1.11 bits per heavy atom. The van der Waals surface area contributed by atoms with E-state index in [9.17, 15) is 27.2 Å². The second-order valence-corrected chi connectivity index (χ2v) is 7.86. The number of aromatic nitrogens is 4. The lowest BCUT2D eigenvalue weighted by Gasteiger charge is -2.15. The van der Waals surface area contributed by atoms with Crippen molar-refractivity contribution >= 4 is 17.5 Å². The van der Waals surface area contributed by atoms with Crippen LogP contribution in [0.5, 0.6) is 0 Å². The number of nitrogens with one attached hydrogen (secondary N) is 2. The summed E-state index contributed by atoms with van der Waals surface area (Å²) in [6.45, 7) is 0. The second kappa shape index (κ2) is 10.1. The van der Waals surface area contributed by atoms with Gasteiger partial charge < -0.3 is 5.32 Å². The number of aryl methyl sites for hydroxylation is 1. The van der Waals surface area contributed by atoms with E-state index in [1.54, 1.807) is 30.3 Å². The fraction of sp³-hybridized carbons (Fsp3) is 0.125.